The van der Waals surface area contributed by atoms with Crippen molar-refractivity contribution in [2.75, 3.05) is 13.2 Å². The maximum atomic E-state index is 11.8. The molecule has 0 bridgehead atoms. The first-order valence-corrected chi connectivity index (χ1v) is 8.43. The maximum Gasteiger partial charge on any atom is 0.526 e. The number of hydrogen-bond donors (Lipinski definition) is 2. The molecule has 7 heteroatoms. The molecular weight excluding hydrogens is 303 g/mol. The minimum absolute atomic E-state index is 0.124. The molecule has 2 aliphatic heterocycles. The van der Waals surface area contributed by atoms with Crippen molar-refractivity contribution in [1.29, 1.82) is 0 Å². The third-order valence-corrected chi connectivity index (χ3v) is 6.20. The Labute approximate surface area is 133 Å². The summed E-state index contributed by atoms with van der Waals surface area (Å²) in [5, 5.41) is 19.9. The lowest BCUT2D eigenvalue weighted by Crippen LogP contribution is -2.34. The maximum absolute atomic E-state index is 11.8. The number of fused-ring (bicyclic) bond motifs is 3. The first-order valence-electron chi connectivity index (χ1n) is 7.55. The van der Waals surface area contributed by atoms with Gasteiger partial charge in [-0.15, -0.1) is 11.8 Å². The fourth-order valence-electron chi connectivity index (χ4n) is 3.22. The van der Waals surface area contributed by atoms with Crippen LogP contribution in [-0.4, -0.2) is 41.7 Å². The fraction of sp³-hybridized carbons (Fsp3) is 0.533. The molecule has 2 fully saturated rings. The summed E-state index contributed by atoms with van der Waals surface area (Å²) in [4.78, 5) is 12.5. The second-order valence-corrected chi connectivity index (χ2v) is 7.72. The summed E-state index contributed by atoms with van der Waals surface area (Å²) < 4.78 is 10.7. The van der Waals surface area contributed by atoms with Gasteiger partial charge in [0.05, 0.1) is 13.2 Å². The number of carbonyl (C=O) groups is 1. The topological polar surface area (TPSA) is 76.0 Å². The van der Waals surface area contributed by atoms with Crippen molar-refractivity contribution in [3.05, 3.63) is 23.3 Å². The summed E-state index contributed by atoms with van der Waals surface area (Å²) in [7, 11) is -0.881. The molecule has 5 nitrogen and oxygen atoms in total. The molecule has 2 heterocycles. The standard InChI is InChI=1S/C15H17BO5S/c1-7(8-5-20-6-8)22-12-3-2-9-10-4-11(10)16(19)21-14(9)13(12)15(17)18/h2-3,7-8,10-11,19H,4-6H2,1H3,(H,17,18)/t7-,10?,11-/m0/s1. The van der Waals surface area contributed by atoms with Gasteiger partial charge in [0.15, 0.2) is 0 Å². The fourth-order valence-corrected chi connectivity index (χ4v) is 4.41. The Morgan fingerprint density at radius 3 is 2.86 bits per heavy atom. The molecule has 1 aliphatic carbocycles. The van der Waals surface area contributed by atoms with Crippen LogP contribution >= 0.6 is 11.8 Å². The van der Waals surface area contributed by atoms with Crippen LogP contribution in [0.4, 0.5) is 0 Å². The quantitative estimate of drug-likeness (QED) is 0.654. The molecule has 1 aromatic carbocycles. The minimum atomic E-state index is -0.997. The Hall–Kier alpha value is -1.18. The second-order valence-electron chi connectivity index (χ2n) is 6.30. The van der Waals surface area contributed by atoms with Crippen LogP contribution in [0, 0.1) is 5.92 Å². The molecule has 22 heavy (non-hydrogen) atoms. The van der Waals surface area contributed by atoms with E-state index in [1.807, 2.05) is 12.1 Å². The van der Waals surface area contributed by atoms with Crippen molar-refractivity contribution in [1.82, 2.24) is 0 Å². The van der Waals surface area contributed by atoms with Crippen molar-refractivity contribution in [3.8, 4) is 5.75 Å². The number of ether oxygens (including phenoxy) is 1. The number of benzene rings is 1. The Balaban J connectivity index is 1.69. The Morgan fingerprint density at radius 2 is 2.23 bits per heavy atom. The first kappa shape index (κ1) is 14.4. The monoisotopic (exact) mass is 320 g/mol. The third kappa shape index (κ3) is 2.23. The summed E-state index contributed by atoms with van der Waals surface area (Å²) in [6, 6.07) is 3.85. The van der Waals surface area contributed by atoms with E-state index < -0.39 is 13.1 Å². The molecule has 3 aliphatic rings. The molecule has 1 saturated heterocycles. The van der Waals surface area contributed by atoms with Gasteiger partial charge in [-0.1, -0.05) is 13.0 Å². The van der Waals surface area contributed by atoms with E-state index in [9.17, 15) is 14.9 Å². The Bertz CT molecular complexity index is 633. The zero-order valence-electron chi connectivity index (χ0n) is 12.2. The van der Waals surface area contributed by atoms with Crippen LogP contribution in [0.1, 0.15) is 35.2 Å². The van der Waals surface area contributed by atoms with Crippen LogP contribution in [-0.2, 0) is 4.74 Å². The molecule has 0 spiro atoms. The van der Waals surface area contributed by atoms with Crippen LogP contribution in [0.15, 0.2) is 17.0 Å². The normalized spacial score (nSPS) is 27.3. The number of carboxylic acid groups (broad SMARTS) is 1. The molecule has 0 radical (unpaired) electrons. The highest BCUT2D eigenvalue weighted by molar-refractivity contribution is 8.00. The van der Waals surface area contributed by atoms with E-state index in [4.69, 9.17) is 9.39 Å². The highest BCUT2D eigenvalue weighted by Gasteiger charge is 2.54. The summed E-state index contributed by atoms with van der Waals surface area (Å²) >= 11 is 1.55. The van der Waals surface area contributed by atoms with Gasteiger partial charge in [0, 0.05) is 21.9 Å². The molecular formula is C15H17BO5S. The van der Waals surface area contributed by atoms with Crippen LogP contribution in [0.25, 0.3) is 0 Å². The zero-order chi connectivity index (χ0) is 15.4. The number of aromatic carboxylic acids is 1. The molecule has 2 N–H and O–H groups in total. The van der Waals surface area contributed by atoms with Crippen LogP contribution in [0.2, 0.25) is 5.82 Å². The van der Waals surface area contributed by atoms with Crippen LogP contribution in [0.5, 0.6) is 5.75 Å². The third-order valence-electron chi connectivity index (χ3n) is 4.85. The molecule has 1 aromatic rings. The highest BCUT2D eigenvalue weighted by Crippen LogP contribution is 2.60. The second kappa shape index (κ2) is 5.18. The molecule has 116 valence electrons. The average Bonchev–Trinajstić information content (AvgIpc) is 3.16. The van der Waals surface area contributed by atoms with Gasteiger partial charge in [0.2, 0.25) is 0 Å². The highest BCUT2D eigenvalue weighted by atomic mass is 32.2. The summed E-state index contributed by atoms with van der Waals surface area (Å²) in [6.07, 6.45) is 0.871. The van der Waals surface area contributed by atoms with Crippen molar-refractivity contribution < 1.29 is 24.3 Å². The Kier molecular flexibility index (Phi) is 3.40. The lowest BCUT2D eigenvalue weighted by molar-refractivity contribution is -0.0302. The number of rotatable bonds is 4. The largest absolute Gasteiger partial charge is 0.535 e. The van der Waals surface area contributed by atoms with Gasteiger partial charge < -0.3 is 19.5 Å². The van der Waals surface area contributed by atoms with Gasteiger partial charge >= 0.3 is 13.1 Å². The average molecular weight is 320 g/mol. The van der Waals surface area contributed by atoms with Gasteiger partial charge in [-0.3, -0.25) is 0 Å². The van der Waals surface area contributed by atoms with Gasteiger partial charge in [-0.05, 0) is 24.0 Å². The molecule has 3 atom stereocenters. The first-order chi connectivity index (χ1) is 10.6. The number of hydrogen-bond acceptors (Lipinski definition) is 5. The van der Waals surface area contributed by atoms with Gasteiger partial charge in [-0.2, -0.15) is 0 Å². The van der Waals surface area contributed by atoms with E-state index in [1.165, 1.54) is 0 Å². The van der Waals surface area contributed by atoms with Crippen molar-refractivity contribution in [2.45, 2.75) is 35.2 Å². The molecule has 0 aromatic heterocycles. The van der Waals surface area contributed by atoms with E-state index >= 15 is 0 Å². The van der Waals surface area contributed by atoms with E-state index in [0.29, 0.717) is 16.6 Å². The van der Waals surface area contributed by atoms with E-state index in [0.717, 1.165) is 25.2 Å². The summed E-state index contributed by atoms with van der Waals surface area (Å²) in [5.41, 5.74) is 1.12. The van der Waals surface area contributed by atoms with Gasteiger partial charge in [-0.25, -0.2) is 4.79 Å². The SMILES string of the molecule is C[C@H](Sc1ccc2c(c1C(=O)O)OB(O)[C@H]1CC21)C1COC1. The lowest BCUT2D eigenvalue weighted by atomic mass is 9.77. The van der Waals surface area contributed by atoms with Crippen LogP contribution in [0.3, 0.4) is 0 Å². The minimum Gasteiger partial charge on any atom is -0.535 e. The lowest BCUT2D eigenvalue weighted by Gasteiger charge is -2.31. The van der Waals surface area contributed by atoms with Gasteiger partial charge in [0.25, 0.3) is 0 Å². The predicted molar refractivity (Wildman–Crippen MR) is 82.7 cm³/mol. The Morgan fingerprint density at radius 1 is 1.45 bits per heavy atom. The molecule has 1 unspecified atom stereocenters. The van der Waals surface area contributed by atoms with Crippen molar-refractivity contribution in [3.63, 3.8) is 0 Å². The number of carboxylic acids is 1. The van der Waals surface area contributed by atoms with E-state index in [1.54, 1.807) is 11.8 Å². The van der Waals surface area contributed by atoms with Crippen LogP contribution < -0.4 is 4.65 Å². The summed E-state index contributed by atoms with van der Waals surface area (Å²) in [6.45, 7) is 3.57. The number of thioether (sulfide) groups is 1. The van der Waals surface area contributed by atoms with Crippen molar-refractivity contribution in [2.24, 2.45) is 5.92 Å². The predicted octanol–water partition coefficient (Wildman–Crippen LogP) is 2.24. The molecule has 0 amide bonds. The van der Waals surface area contributed by atoms with E-state index in [2.05, 4.69) is 6.92 Å². The smallest absolute Gasteiger partial charge is 0.526 e. The summed E-state index contributed by atoms with van der Waals surface area (Å²) in [5.74, 6) is 0.192. The van der Waals surface area contributed by atoms with Crippen molar-refractivity contribution >= 4 is 24.8 Å². The van der Waals surface area contributed by atoms with E-state index in [-0.39, 0.29) is 22.5 Å². The zero-order valence-corrected chi connectivity index (χ0v) is 13.0. The van der Waals surface area contributed by atoms with Gasteiger partial charge in [0.1, 0.15) is 11.3 Å². The molecule has 1 saturated carbocycles. The molecule has 4 rings (SSSR count).